The van der Waals surface area contributed by atoms with Gasteiger partial charge in [-0.05, 0) is 59.3 Å². The monoisotopic (exact) mass is 552 g/mol. The van der Waals surface area contributed by atoms with Crippen LogP contribution in [0.2, 0.25) is 0 Å². The highest BCUT2D eigenvalue weighted by molar-refractivity contribution is 9.10. The number of amides is 3. The largest absolute Gasteiger partial charge is 0.493 e. The molecular weight excluding hydrogens is 532 g/mol. The first kappa shape index (κ1) is 24.6. The SMILES string of the molecule is COc1cc(/C=C2\SC(=O)N(Cc3ccccc3Br)C2=O)ccc1OCC(=O)Nc1ccccc1. The third-order valence-electron chi connectivity index (χ3n) is 5.06. The Bertz CT molecular complexity index is 1300. The lowest BCUT2D eigenvalue weighted by Gasteiger charge is -2.13. The van der Waals surface area contributed by atoms with E-state index in [1.165, 1.54) is 12.0 Å². The number of para-hydroxylation sites is 1. The molecule has 3 aromatic rings. The van der Waals surface area contributed by atoms with Crippen molar-refractivity contribution < 1.29 is 23.9 Å². The predicted molar refractivity (Wildman–Crippen MR) is 139 cm³/mol. The maximum absolute atomic E-state index is 12.9. The molecule has 0 bridgehead atoms. The first-order chi connectivity index (χ1) is 16.9. The second-order valence-corrected chi connectivity index (χ2v) is 9.32. The summed E-state index contributed by atoms with van der Waals surface area (Å²) >= 11 is 4.34. The van der Waals surface area contributed by atoms with Gasteiger partial charge in [0.05, 0.1) is 18.6 Å². The summed E-state index contributed by atoms with van der Waals surface area (Å²) < 4.78 is 11.9. The molecule has 0 spiro atoms. The van der Waals surface area contributed by atoms with Gasteiger partial charge in [0.1, 0.15) is 0 Å². The third-order valence-corrected chi connectivity index (χ3v) is 6.74. The number of carbonyl (C=O) groups excluding carboxylic acids is 3. The molecule has 0 radical (unpaired) electrons. The summed E-state index contributed by atoms with van der Waals surface area (Å²) in [6.45, 7) is -0.0108. The van der Waals surface area contributed by atoms with Crippen molar-refractivity contribution in [3.63, 3.8) is 0 Å². The lowest BCUT2D eigenvalue weighted by molar-refractivity contribution is -0.123. The fourth-order valence-electron chi connectivity index (χ4n) is 3.34. The number of hydrogen-bond donors (Lipinski definition) is 1. The maximum Gasteiger partial charge on any atom is 0.293 e. The molecule has 35 heavy (non-hydrogen) atoms. The zero-order chi connectivity index (χ0) is 24.8. The number of anilines is 1. The number of methoxy groups -OCH3 is 1. The molecule has 3 aromatic carbocycles. The van der Waals surface area contributed by atoms with Crippen molar-refractivity contribution in [1.29, 1.82) is 0 Å². The van der Waals surface area contributed by atoms with Crippen molar-refractivity contribution in [2.24, 2.45) is 0 Å². The number of rotatable bonds is 8. The van der Waals surface area contributed by atoms with Crippen molar-refractivity contribution in [2.45, 2.75) is 6.54 Å². The van der Waals surface area contributed by atoms with E-state index in [4.69, 9.17) is 9.47 Å². The van der Waals surface area contributed by atoms with Crippen LogP contribution in [0.15, 0.2) is 82.2 Å². The first-order valence-electron chi connectivity index (χ1n) is 10.6. The summed E-state index contributed by atoms with van der Waals surface area (Å²) in [5.74, 6) is 0.127. The number of halogens is 1. The normalized spacial score (nSPS) is 14.3. The Balaban J connectivity index is 1.43. The highest BCUT2D eigenvalue weighted by Crippen LogP contribution is 2.36. The fraction of sp³-hybridized carbons (Fsp3) is 0.115. The van der Waals surface area contributed by atoms with E-state index in [1.807, 2.05) is 42.5 Å². The van der Waals surface area contributed by atoms with E-state index < -0.39 is 0 Å². The van der Waals surface area contributed by atoms with Gasteiger partial charge < -0.3 is 14.8 Å². The molecule has 0 saturated carbocycles. The van der Waals surface area contributed by atoms with Gasteiger partial charge in [-0.2, -0.15) is 0 Å². The van der Waals surface area contributed by atoms with Gasteiger partial charge in [0.15, 0.2) is 18.1 Å². The Labute approximate surface area is 215 Å². The highest BCUT2D eigenvalue weighted by atomic mass is 79.9. The Hall–Kier alpha value is -3.56. The van der Waals surface area contributed by atoms with Crippen LogP contribution in [0.1, 0.15) is 11.1 Å². The van der Waals surface area contributed by atoms with Crippen LogP contribution < -0.4 is 14.8 Å². The first-order valence-corrected chi connectivity index (χ1v) is 12.2. The molecule has 1 saturated heterocycles. The second-order valence-electron chi connectivity index (χ2n) is 7.47. The molecule has 1 aliphatic rings. The van der Waals surface area contributed by atoms with Gasteiger partial charge in [-0.1, -0.05) is 58.4 Å². The van der Waals surface area contributed by atoms with Crippen molar-refractivity contribution in [3.05, 3.63) is 93.3 Å². The second kappa shape index (κ2) is 11.2. The van der Waals surface area contributed by atoms with Gasteiger partial charge in [-0.3, -0.25) is 19.3 Å². The zero-order valence-electron chi connectivity index (χ0n) is 18.7. The average Bonchev–Trinajstić information content (AvgIpc) is 3.12. The molecule has 1 N–H and O–H groups in total. The minimum absolute atomic E-state index is 0.185. The number of hydrogen-bond acceptors (Lipinski definition) is 6. The molecule has 1 heterocycles. The van der Waals surface area contributed by atoms with Gasteiger partial charge in [0.25, 0.3) is 17.1 Å². The lowest BCUT2D eigenvalue weighted by Crippen LogP contribution is -2.27. The standard InChI is InChI=1S/C26H21BrN2O5S/c1-33-22-13-17(11-12-21(22)34-16-24(30)28-19-8-3-2-4-9-19)14-23-25(31)29(26(32)35-23)15-18-7-5-6-10-20(18)27/h2-14H,15-16H2,1H3,(H,28,30)/b23-14-. The number of ether oxygens (including phenoxy) is 2. The van der Waals surface area contributed by atoms with Gasteiger partial charge in [0.2, 0.25) is 0 Å². The highest BCUT2D eigenvalue weighted by Gasteiger charge is 2.35. The van der Waals surface area contributed by atoms with E-state index in [2.05, 4.69) is 21.2 Å². The van der Waals surface area contributed by atoms with E-state index >= 15 is 0 Å². The van der Waals surface area contributed by atoms with Crippen LogP contribution in [0.25, 0.3) is 6.08 Å². The van der Waals surface area contributed by atoms with Crippen LogP contribution in [0.3, 0.4) is 0 Å². The minimum Gasteiger partial charge on any atom is -0.493 e. The zero-order valence-corrected chi connectivity index (χ0v) is 21.1. The van der Waals surface area contributed by atoms with Crippen LogP contribution in [-0.2, 0) is 16.1 Å². The minimum atomic E-state index is -0.354. The van der Waals surface area contributed by atoms with Gasteiger partial charge in [-0.25, -0.2) is 0 Å². The van der Waals surface area contributed by atoms with Crippen molar-refractivity contribution in [2.75, 3.05) is 19.0 Å². The molecule has 0 unspecified atom stereocenters. The topological polar surface area (TPSA) is 84.9 Å². The summed E-state index contributed by atoms with van der Waals surface area (Å²) in [4.78, 5) is 39.1. The van der Waals surface area contributed by atoms with Crippen LogP contribution in [0, 0.1) is 0 Å². The summed E-state index contributed by atoms with van der Waals surface area (Å²) in [5, 5.41) is 2.42. The Morgan fingerprint density at radius 1 is 1.03 bits per heavy atom. The summed E-state index contributed by atoms with van der Waals surface area (Å²) in [7, 11) is 1.49. The van der Waals surface area contributed by atoms with E-state index in [9.17, 15) is 14.4 Å². The van der Waals surface area contributed by atoms with Crippen LogP contribution >= 0.6 is 27.7 Å². The van der Waals surface area contributed by atoms with Crippen molar-refractivity contribution in [1.82, 2.24) is 4.90 Å². The Morgan fingerprint density at radius 3 is 2.51 bits per heavy atom. The summed E-state index contributed by atoms with van der Waals surface area (Å²) in [6.07, 6.45) is 1.64. The van der Waals surface area contributed by atoms with E-state index in [0.29, 0.717) is 27.7 Å². The van der Waals surface area contributed by atoms with Crippen LogP contribution in [0.4, 0.5) is 10.5 Å². The third kappa shape index (κ3) is 6.12. The number of thioether (sulfide) groups is 1. The molecule has 9 heteroatoms. The molecule has 4 rings (SSSR count). The molecule has 3 amide bonds. The van der Waals surface area contributed by atoms with E-state index in [1.54, 1.807) is 36.4 Å². The molecule has 7 nitrogen and oxygen atoms in total. The van der Waals surface area contributed by atoms with Gasteiger partial charge >= 0.3 is 0 Å². The van der Waals surface area contributed by atoms with Gasteiger partial charge in [-0.15, -0.1) is 0 Å². The molecule has 0 atom stereocenters. The van der Waals surface area contributed by atoms with Crippen LogP contribution in [0.5, 0.6) is 11.5 Å². The molecule has 178 valence electrons. The Morgan fingerprint density at radius 2 is 1.77 bits per heavy atom. The van der Waals surface area contributed by atoms with Crippen molar-refractivity contribution >= 4 is 56.5 Å². The van der Waals surface area contributed by atoms with E-state index in [-0.39, 0.29) is 30.2 Å². The number of benzene rings is 3. The molecule has 0 aromatic heterocycles. The van der Waals surface area contributed by atoms with Crippen LogP contribution in [-0.4, -0.2) is 35.7 Å². The maximum atomic E-state index is 12.9. The molecule has 1 aliphatic heterocycles. The number of carbonyl (C=O) groups is 3. The summed E-state index contributed by atoms with van der Waals surface area (Å²) in [6, 6.07) is 21.6. The lowest BCUT2D eigenvalue weighted by atomic mass is 10.1. The van der Waals surface area contributed by atoms with E-state index in [0.717, 1.165) is 21.8 Å². The van der Waals surface area contributed by atoms with Crippen molar-refractivity contribution in [3.8, 4) is 11.5 Å². The fourth-order valence-corrected chi connectivity index (χ4v) is 4.59. The molecule has 1 fully saturated rings. The summed E-state index contributed by atoms with van der Waals surface area (Å²) in [5.41, 5.74) is 2.18. The average molecular weight is 553 g/mol. The number of nitrogens with one attached hydrogen (secondary N) is 1. The number of nitrogens with zero attached hydrogens (tertiary/aromatic N) is 1. The Kier molecular flexibility index (Phi) is 7.89. The smallest absolute Gasteiger partial charge is 0.293 e. The predicted octanol–water partition coefficient (Wildman–Crippen LogP) is 5.71. The quantitative estimate of drug-likeness (QED) is 0.360. The van der Waals surface area contributed by atoms with Gasteiger partial charge in [0, 0.05) is 10.2 Å². The number of imide groups is 1. The molecular formula is C26H21BrN2O5S. The molecule has 0 aliphatic carbocycles.